The molecule has 0 fully saturated rings. The molecule has 0 amide bonds. The van der Waals surface area contributed by atoms with Gasteiger partial charge in [0.25, 0.3) is 0 Å². The molecule has 0 atom stereocenters. The third kappa shape index (κ3) is 2.76. The highest BCUT2D eigenvalue weighted by Gasteiger charge is 2.49. The van der Waals surface area contributed by atoms with E-state index in [2.05, 4.69) is 4.18 Å². The van der Waals surface area contributed by atoms with Gasteiger partial charge in [-0.1, -0.05) is 19.9 Å². The van der Waals surface area contributed by atoms with Gasteiger partial charge in [0.05, 0.1) is 0 Å². The van der Waals surface area contributed by atoms with E-state index in [9.17, 15) is 21.6 Å². The first-order valence-corrected chi connectivity index (χ1v) is 8.21. The van der Waals surface area contributed by atoms with Crippen molar-refractivity contribution in [2.45, 2.75) is 36.1 Å². The van der Waals surface area contributed by atoms with E-state index in [0.29, 0.717) is 5.56 Å². The summed E-state index contributed by atoms with van der Waals surface area (Å²) in [5.41, 5.74) is -5.34. The quantitative estimate of drug-likeness (QED) is 0.614. The van der Waals surface area contributed by atoms with E-state index in [1.54, 1.807) is 6.07 Å². The maximum atomic E-state index is 12.4. The Balaban J connectivity index is 2.51. The van der Waals surface area contributed by atoms with Crippen LogP contribution in [0.25, 0.3) is 0 Å². The van der Waals surface area contributed by atoms with Crippen LogP contribution < -0.4 is 4.18 Å². The lowest BCUT2D eigenvalue weighted by Gasteiger charge is -2.33. The van der Waals surface area contributed by atoms with E-state index >= 15 is 0 Å². The minimum absolute atomic E-state index is 0.239. The number of hydrogen-bond donors (Lipinski definition) is 0. The topological polar surface area (TPSA) is 43.4 Å². The Morgan fingerprint density at radius 3 is 2.55 bits per heavy atom. The van der Waals surface area contributed by atoms with E-state index < -0.39 is 21.0 Å². The van der Waals surface area contributed by atoms with Crippen LogP contribution in [0.4, 0.5) is 13.2 Å². The molecule has 2 rings (SSSR count). The molecule has 1 heterocycles. The zero-order valence-corrected chi connectivity index (χ0v) is 12.5. The third-order valence-corrected chi connectivity index (χ3v) is 5.16. The van der Waals surface area contributed by atoms with Crippen molar-refractivity contribution in [2.24, 2.45) is 0 Å². The normalized spacial score (nSPS) is 18.4. The van der Waals surface area contributed by atoms with Crippen molar-refractivity contribution in [3.63, 3.8) is 0 Å². The average Bonchev–Trinajstić information content (AvgIpc) is 2.26. The summed E-state index contributed by atoms with van der Waals surface area (Å²) in [4.78, 5) is 0.760. The van der Waals surface area contributed by atoms with Crippen molar-refractivity contribution >= 4 is 21.9 Å². The molecule has 0 aliphatic carbocycles. The van der Waals surface area contributed by atoms with Crippen molar-refractivity contribution in [2.75, 3.05) is 5.75 Å². The highest BCUT2D eigenvalue weighted by atomic mass is 32.2. The summed E-state index contributed by atoms with van der Waals surface area (Å²) in [5.74, 6) is 0.590. The maximum Gasteiger partial charge on any atom is 0.534 e. The van der Waals surface area contributed by atoms with Crippen LogP contribution in [0.5, 0.6) is 5.75 Å². The first-order valence-electron chi connectivity index (χ1n) is 5.82. The van der Waals surface area contributed by atoms with Gasteiger partial charge < -0.3 is 4.18 Å². The van der Waals surface area contributed by atoms with Gasteiger partial charge >= 0.3 is 15.6 Å². The fourth-order valence-corrected chi connectivity index (χ4v) is 4.07. The predicted octanol–water partition coefficient (Wildman–Crippen LogP) is 3.69. The Morgan fingerprint density at radius 1 is 1.30 bits per heavy atom. The second kappa shape index (κ2) is 4.84. The Morgan fingerprint density at radius 2 is 1.95 bits per heavy atom. The zero-order chi connectivity index (χ0) is 15.2. The molecule has 0 N–H and O–H groups in total. The van der Waals surface area contributed by atoms with Gasteiger partial charge in [0.2, 0.25) is 0 Å². The van der Waals surface area contributed by atoms with Gasteiger partial charge in [-0.25, -0.2) is 0 Å². The fraction of sp³-hybridized carbons (Fsp3) is 0.500. The standard InChI is InChI=1S/C12H13F3O3S2/c1-11(2)6-7-19-9-5-3-4-8(10(9)11)18-20(16,17)12(13,14)15/h3-5H,6-7H2,1-2H3. The van der Waals surface area contributed by atoms with Crippen molar-refractivity contribution in [3.05, 3.63) is 23.8 Å². The van der Waals surface area contributed by atoms with Crippen molar-refractivity contribution in [1.29, 1.82) is 0 Å². The lowest BCUT2D eigenvalue weighted by atomic mass is 9.81. The monoisotopic (exact) mass is 326 g/mol. The summed E-state index contributed by atoms with van der Waals surface area (Å²) in [6, 6.07) is 4.51. The zero-order valence-electron chi connectivity index (χ0n) is 10.8. The lowest BCUT2D eigenvalue weighted by molar-refractivity contribution is -0.0500. The van der Waals surface area contributed by atoms with Crippen LogP contribution >= 0.6 is 11.8 Å². The van der Waals surface area contributed by atoms with E-state index in [0.717, 1.165) is 17.1 Å². The molecule has 0 unspecified atom stereocenters. The van der Waals surface area contributed by atoms with Crippen LogP contribution in [0.2, 0.25) is 0 Å². The summed E-state index contributed by atoms with van der Waals surface area (Å²) in [5, 5.41) is 0. The summed E-state index contributed by atoms with van der Waals surface area (Å²) in [6.07, 6.45) is 0.733. The second-order valence-electron chi connectivity index (χ2n) is 5.09. The molecule has 8 heteroatoms. The third-order valence-electron chi connectivity index (χ3n) is 3.13. The summed E-state index contributed by atoms with van der Waals surface area (Å²) < 4.78 is 63.9. The summed E-state index contributed by atoms with van der Waals surface area (Å²) in [6.45, 7) is 3.72. The first kappa shape index (κ1) is 15.5. The molecule has 0 aromatic heterocycles. The molecular weight excluding hydrogens is 313 g/mol. The number of rotatable bonds is 2. The summed E-state index contributed by atoms with van der Waals surface area (Å²) in [7, 11) is -5.64. The minimum atomic E-state index is -5.64. The van der Waals surface area contributed by atoms with E-state index in [-0.39, 0.29) is 5.75 Å². The highest BCUT2D eigenvalue weighted by molar-refractivity contribution is 7.99. The second-order valence-corrected chi connectivity index (χ2v) is 7.77. The number of thioether (sulfide) groups is 1. The number of fused-ring (bicyclic) bond motifs is 1. The van der Waals surface area contributed by atoms with Crippen molar-refractivity contribution in [3.8, 4) is 5.75 Å². The van der Waals surface area contributed by atoms with Gasteiger partial charge in [0.1, 0.15) is 5.75 Å². The van der Waals surface area contributed by atoms with Gasteiger partial charge in [0.15, 0.2) is 0 Å². The van der Waals surface area contributed by atoms with Crippen LogP contribution in [0, 0.1) is 0 Å². The number of hydrogen-bond acceptors (Lipinski definition) is 4. The van der Waals surface area contributed by atoms with Gasteiger partial charge in [-0.15, -0.1) is 11.8 Å². The Kier molecular flexibility index (Phi) is 3.75. The molecule has 0 bridgehead atoms. The fourth-order valence-electron chi connectivity index (χ4n) is 2.07. The Hall–Kier alpha value is -0.890. The predicted molar refractivity (Wildman–Crippen MR) is 70.4 cm³/mol. The molecule has 20 heavy (non-hydrogen) atoms. The van der Waals surface area contributed by atoms with Crippen LogP contribution in [0.15, 0.2) is 23.1 Å². The first-order chi connectivity index (χ1) is 9.05. The molecule has 1 aliphatic heterocycles. The Bertz CT molecular complexity index is 621. The van der Waals surface area contributed by atoms with E-state index in [1.165, 1.54) is 23.9 Å². The van der Waals surface area contributed by atoms with E-state index in [1.807, 2.05) is 13.8 Å². The average molecular weight is 326 g/mol. The van der Waals surface area contributed by atoms with Crippen molar-refractivity contribution < 1.29 is 25.8 Å². The van der Waals surface area contributed by atoms with Gasteiger partial charge in [0, 0.05) is 10.5 Å². The molecule has 1 aliphatic rings. The van der Waals surface area contributed by atoms with Crippen LogP contribution in [0.3, 0.4) is 0 Å². The van der Waals surface area contributed by atoms with Gasteiger partial charge in [-0.3, -0.25) is 0 Å². The lowest BCUT2D eigenvalue weighted by Crippen LogP contribution is -2.30. The van der Waals surface area contributed by atoms with E-state index in [4.69, 9.17) is 0 Å². The van der Waals surface area contributed by atoms with Gasteiger partial charge in [-0.2, -0.15) is 21.6 Å². The van der Waals surface area contributed by atoms with Gasteiger partial charge in [-0.05, 0) is 29.7 Å². The molecule has 112 valence electrons. The van der Waals surface area contributed by atoms with Crippen LogP contribution in [-0.2, 0) is 15.5 Å². The highest BCUT2D eigenvalue weighted by Crippen LogP contribution is 2.46. The number of alkyl halides is 3. The van der Waals surface area contributed by atoms with Crippen molar-refractivity contribution in [1.82, 2.24) is 0 Å². The SMILES string of the molecule is CC1(C)CCSc2cccc(OS(=O)(=O)C(F)(F)F)c21. The molecular formula is C12H13F3O3S2. The molecule has 3 nitrogen and oxygen atoms in total. The van der Waals surface area contributed by atoms with Crippen LogP contribution in [-0.4, -0.2) is 19.7 Å². The largest absolute Gasteiger partial charge is 0.534 e. The number of benzene rings is 1. The molecule has 0 saturated heterocycles. The molecule has 0 spiro atoms. The minimum Gasteiger partial charge on any atom is -0.376 e. The molecule has 1 aromatic carbocycles. The molecule has 0 radical (unpaired) electrons. The van der Waals surface area contributed by atoms with Crippen LogP contribution in [0.1, 0.15) is 25.8 Å². The smallest absolute Gasteiger partial charge is 0.376 e. The molecule has 1 aromatic rings. The molecule has 0 saturated carbocycles. The number of halogens is 3. The summed E-state index contributed by atoms with van der Waals surface area (Å²) >= 11 is 1.48. The Labute approximate surface area is 119 Å². The maximum absolute atomic E-state index is 12.4.